The summed E-state index contributed by atoms with van der Waals surface area (Å²) in [6.45, 7) is 6.71. The summed E-state index contributed by atoms with van der Waals surface area (Å²) < 4.78 is 0. The Morgan fingerprint density at radius 1 is 1.26 bits per heavy atom. The van der Waals surface area contributed by atoms with Gasteiger partial charge < -0.3 is 5.73 Å². The van der Waals surface area contributed by atoms with Gasteiger partial charge in [0.25, 0.3) is 0 Å². The van der Waals surface area contributed by atoms with E-state index in [1.807, 2.05) is 0 Å². The molecule has 2 N–H and O–H groups in total. The molecule has 1 fully saturated rings. The zero-order chi connectivity index (χ0) is 13.7. The highest BCUT2D eigenvalue weighted by Gasteiger charge is 2.31. The maximum absolute atomic E-state index is 6.04. The van der Waals surface area contributed by atoms with Gasteiger partial charge in [0.1, 0.15) is 0 Å². The first kappa shape index (κ1) is 14.5. The van der Waals surface area contributed by atoms with Gasteiger partial charge in [-0.1, -0.05) is 44.2 Å². The molecular weight excluding hydrogens is 232 g/mol. The van der Waals surface area contributed by atoms with Crippen LogP contribution in [0.4, 0.5) is 0 Å². The molecule has 0 aromatic heterocycles. The summed E-state index contributed by atoms with van der Waals surface area (Å²) in [7, 11) is 0. The van der Waals surface area contributed by atoms with Gasteiger partial charge in [0, 0.05) is 18.6 Å². The molecule has 2 nitrogen and oxygen atoms in total. The van der Waals surface area contributed by atoms with Gasteiger partial charge in [-0.2, -0.15) is 0 Å². The molecule has 0 bridgehead atoms. The first-order chi connectivity index (χ1) is 9.22. The van der Waals surface area contributed by atoms with E-state index in [0.29, 0.717) is 6.04 Å². The Bertz CT molecular complexity index is 361. The van der Waals surface area contributed by atoms with Crippen molar-refractivity contribution in [1.29, 1.82) is 0 Å². The molecule has 0 aliphatic carbocycles. The van der Waals surface area contributed by atoms with Crippen LogP contribution < -0.4 is 5.73 Å². The van der Waals surface area contributed by atoms with E-state index in [4.69, 9.17) is 5.73 Å². The molecule has 2 heteroatoms. The minimum absolute atomic E-state index is 0.551. The van der Waals surface area contributed by atoms with Gasteiger partial charge in [0.2, 0.25) is 0 Å². The molecule has 1 heterocycles. The highest BCUT2D eigenvalue weighted by atomic mass is 15.2. The molecule has 1 aromatic carbocycles. The molecule has 1 saturated heterocycles. The largest absolute Gasteiger partial charge is 0.329 e. The minimum Gasteiger partial charge on any atom is -0.329 e. The first-order valence-corrected chi connectivity index (χ1v) is 7.72. The van der Waals surface area contributed by atoms with Gasteiger partial charge in [0.15, 0.2) is 0 Å². The van der Waals surface area contributed by atoms with Crippen LogP contribution in [0.2, 0.25) is 0 Å². The predicted molar refractivity (Wildman–Crippen MR) is 82.2 cm³/mol. The number of rotatable bonds is 6. The van der Waals surface area contributed by atoms with Gasteiger partial charge in [-0.05, 0) is 43.7 Å². The third-order valence-electron chi connectivity index (χ3n) is 4.46. The first-order valence-electron chi connectivity index (χ1n) is 7.72. The SMILES string of the molecule is CC(C)C1CCCN1C(CN)CCc1ccccc1. The lowest BCUT2D eigenvalue weighted by molar-refractivity contribution is 0.142. The Balaban J connectivity index is 1.92. The number of nitrogens with two attached hydrogens (primary N) is 1. The second-order valence-corrected chi connectivity index (χ2v) is 6.11. The van der Waals surface area contributed by atoms with E-state index in [-0.39, 0.29) is 0 Å². The van der Waals surface area contributed by atoms with Crippen molar-refractivity contribution in [1.82, 2.24) is 4.90 Å². The van der Waals surface area contributed by atoms with Crippen molar-refractivity contribution in [2.24, 2.45) is 11.7 Å². The summed E-state index contributed by atoms with van der Waals surface area (Å²) in [5.41, 5.74) is 7.47. The monoisotopic (exact) mass is 260 g/mol. The molecule has 2 rings (SSSR count). The number of hydrogen-bond acceptors (Lipinski definition) is 2. The Hall–Kier alpha value is -0.860. The lowest BCUT2D eigenvalue weighted by Gasteiger charge is -2.34. The van der Waals surface area contributed by atoms with Crippen LogP contribution in [0.25, 0.3) is 0 Å². The highest BCUT2D eigenvalue weighted by Crippen LogP contribution is 2.27. The fraction of sp³-hybridized carbons (Fsp3) is 0.647. The molecule has 0 amide bonds. The Morgan fingerprint density at radius 2 is 2.00 bits per heavy atom. The maximum atomic E-state index is 6.04. The third kappa shape index (κ3) is 3.80. The summed E-state index contributed by atoms with van der Waals surface area (Å²) in [4.78, 5) is 2.67. The minimum atomic E-state index is 0.551. The highest BCUT2D eigenvalue weighted by molar-refractivity contribution is 5.14. The summed E-state index contributed by atoms with van der Waals surface area (Å²) in [6.07, 6.45) is 5.01. The van der Waals surface area contributed by atoms with Crippen LogP contribution in [-0.2, 0) is 6.42 Å². The average molecular weight is 260 g/mol. The Labute approximate surface area is 118 Å². The van der Waals surface area contributed by atoms with E-state index >= 15 is 0 Å². The molecular formula is C17H28N2. The fourth-order valence-corrected chi connectivity index (χ4v) is 3.38. The van der Waals surface area contributed by atoms with Crippen LogP contribution >= 0.6 is 0 Å². The van der Waals surface area contributed by atoms with Crippen LogP contribution in [0.15, 0.2) is 30.3 Å². The zero-order valence-corrected chi connectivity index (χ0v) is 12.4. The van der Waals surface area contributed by atoms with Gasteiger partial charge in [-0.25, -0.2) is 0 Å². The van der Waals surface area contributed by atoms with E-state index in [2.05, 4.69) is 49.1 Å². The number of nitrogens with zero attached hydrogens (tertiary/aromatic N) is 1. The van der Waals surface area contributed by atoms with Crippen molar-refractivity contribution >= 4 is 0 Å². The number of hydrogen-bond donors (Lipinski definition) is 1. The van der Waals surface area contributed by atoms with E-state index in [0.717, 1.165) is 24.9 Å². The molecule has 106 valence electrons. The fourth-order valence-electron chi connectivity index (χ4n) is 3.38. The average Bonchev–Trinajstić information content (AvgIpc) is 2.90. The van der Waals surface area contributed by atoms with E-state index in [1.54, 1.807) is 0 Å². The van der Waals surface area contributed by atoms with Crippen LogP contribution in [0.1, 0.15) is 38.7 Å². The van der Waals surface area contributed by atoms with Crippen LogP contribution in [0.5, 0.6) is 0 Å². The molecule has 19 heavy (non-hydrogen) atoms. The van der Waals surface area contributed by atoms with Crippen molar-refractivity contribution in [3.63, 3.8) is 0 Å². The molecule has 1 aliphatic heterocycles. The van der Waals surface area contributed by atoms with Gasteiger partial charge in [-0.3, -0.25) is 4.90 Å². The predicted octanol–water partition coefficient (Wildman–Crippen LogP) is 3.07. The van der Waals surface area contributed by atoms with Gasteiger partial charge in [-0.15, -0.1) is 0 Å². The van der Waals surface area contributed by atoms with Crippen LogP contribution in [0, 0.1) is 5.92 Å². The summed E-state index contributed by atoms with van der Waals surface area (Å²) in [5, 5.41) is 0. The van der Waals surface area contributed by atoms with Crippen molar-refractivity contribution in [3.05, 3.63) is 35.9 Å². The van der Waals surface area contributed by atoms with Crippen molar-refractivity contribution < 1.29 is 0 Å². The summed E-state index contributed by atoms with van der Waals surface area (Å²) >= 11 is 0. The molecule has 1 aromatic rings. The van der Waals surface area contributed by atoms with Crippen molar-refractivity contribution in [2.75, 3.05) is 13.1 Å². The van der Waals surface area contributed by atoms with Crippen LogP contribution in [-0.4, -0.2) is 30.1 Å². The van der Waals surface area contributed by atoms with E-state index in [1.165, 1.54) is 31.4 Å². The Kier molecular flexibility index (Phi) is 5.41. The topological polar surface area (TPSA) is 29.3 Å². The number of benzene rings is 1. The molecule has 0 radical (unpaired) electrons. The van der Waals surface area contributed by atoms with E-state index in [9.17, 15) is 0 Å². The third-order valence-corrected chi connectivity index (χ3v) is 4.46. The number of aryl methyl sites for hydroxylation is 1. The molecule has 2 unspecified atom stereocenters. The maximum Gasteiger partial charge on any atom is 0.0224 e. The Morgan fingerprint density at radius 3 is 2.63 bits per heavy atom. The molecule has 2 atom stereocenters. The van der Waals surface area contributed by atoms with Crippen molar-refractivity contribution in [3.8, 4) is 0 Å². The van der Waals surface area contributed by atoms with Gasteiger partial charge >= 0.3 is 0 Å². The smallest absolute Gasteiger partial charge is 0.0224 e. The second kappa shape index (κ2) is 7.06. The standard InChI is InChI=1S/C17H28N2/c1-14(2)17-9-6-12-19(17)16(13-18)11-10-15-7-4-3-5-8-15/h3-5,7-8,14,16-17H,6,9-13,18H2,1-2H3. The molecule has 0 spiro atoms. The second-order valence-electron chi connectivity index (χ2n) is 6.11. The zero-order valence-electron chi connectivity index (χ0n) is 12.4. The molecule has 1 aliphatic rings. The lowest BCUT2D eigenvalue weighted by Crippen LogP contribution is -2.45. The molecule has 0 saturated carbocycles. The van der Waals surface area contributed by atoms with Crippen molar-refractivity contribution in [2.45, 2.75) is 51.6 Å². The number of likely N-dealkylation sites (tertiary alicyclic amines) is 1. The normalized spacial score (nSPS) is 22.0. The van der Waals surface area contributed by atoms with E-state index < -0.39 is 0 Å². The van der Waals surface area contributed by atoms with Gasteiger partial charge in [0.05, 0.1) is 0 Å². The quantitative estimate of drug-likeness (QED) is 0.851. The lowest BCUT2D eigenvalue weighted by atomic mass is 9.98. The van der Waals surface area contributed by atoms with Crippen LogP contribution in [0.3, 0.4) is 0 Å². The summed E-state index contributed by atoms with van der Waals surface area (Å²) in [5.74, 6) is 0.744. The summed E-state index contributed by atoms with van der Waals surface area (Å²) in [6, 6.07) is 12.1.